The Bertz CT molecular complexity index is 978. The van der Waals surface area contributed by atoms with E-state index in [2.05, 4.69) is 70.5 Å². The van der Waals surface area contributed by atoms with Crippen LogP contribution in [0.15, 0.2) is 78.9 Å². The van der Waals surface area contributed by atoms with Crippen molar-refractivity contribution in [2.75, 3.05) is 33.9 Å². The molecule has 33 heavy (non-hydrogen) atoms. The average Bonchev–Trinajstić information content (AvgIpc) is 3.34. The van der Waals surface area contributed by atoms with Gasteiger partial charge >= 0.3 is 0 Å². The molecular formula is C29H34N2O2. The molecule has 5 rings (SSSR count). The van der Waals surface area contributed by atoms with Crippen LogP contribution in [0.3, 0.4) is 0 Å². The van der Waals surface area contributed by atoms with Gasteiger partial charge in [-0.05, 0) is 42.6 Å². The lowest BCUT2D eigenvalue weighted by atomic mass is 9.82. The molecule has 0 aromatic heterocycles. The largest absolute Gasteiger partial charge is 0.496 e. The minimum absolute atomic E-state index is 0.343. The average molecular weight is 443 g/mol. The van der Waals surface area contributed by atoms with Gasteiger partial charge in [0.15, 0.2) is 0 Å². The van der Waals surface area contributed by atoms with E-state index in [1.165, 1.54) is 30.5 Å². The molecule has 3 aromatic carbocycles. The second-order valence-electron chi connectivity index (χ2n) is 9.24. The van der Waals surface area contributed by atoms with E-state index < -0.39 is 0 Å². The van der Waals surface area contributed by atoms with Gasteiger partial charge in [-0.25, -0.2) is 0 Å². The van der Waals surface area contributed by atoms with Crippen molar-refractivity contribution >= 4 is 0 Å². The molecule has 2 atom stereocenters. The van der Waals surface area contributed by atoms with Crippen molar-refractivity contribution < 1.29 is 9.47 Å². The maximum absolute atomic E-state index is 5.71. The molecule has 2 heterocycles. The molecule has 172 valence electrons. The molecule has 3 aromatic rings. The summed E-state index contributed by atoms with van der Waals surface area (Å²) in [4.78, 5) is 5.41. The van der Waals surface area contributed by atoms with Gasteiger partial charge in [0.25, 0.3) is 0 Å². The van der Waals surface area contributed by atoms with Crippen LogP contribution in [0.4, 0.5) is 0 Å². The standard InChI is InChI=1S/C29H34N2O2/c1-32-27-16-9-17-28(33-2)25(27)20-30-19-24-15-10-18-31(24)26(21-30)29(22-11-5-3-6-12-22)23-13-7-4-8-14-23/h3-9,11-14,16-17,24,26,29H,10,15,18-21H2,1-2H3. The fourth-order valence-electron chi connectivity index (χ4n) is 5.92. The fraction of sp³-hybridized carbons (Fsp3) is 0.379. The van der Waals surface area contributed by atoms with Crippen molar-refractivity contribution in [3.63, 3.8) is 0 Å². The smallest absolute Gasteiger partial charge is 0.127 e. The number of fused-ring (bicyclic) bond motifs is 1. The molecule has 4 nitrogen and oxygen atoms in total. The van der Waals surface area contributed by atoms with Crippen LogP contribution in [0, 0.1) is 0 Å². The van der Waals surface area contributed by atoms with Crippen LogP contribution in [0.5, 0.6) is 11.5 Å². The first kappa shape index (κ1) is 22.0. The first-order valence-corrected chi connectivity index (χ1v) is 12.1. The second kappa shape index (κ2) is 9.98. The zero-order valence-corrected chi connectivity index (χ0v) is 19.7. The maximum atomic E-state index is 5.71. The highest BCUT2D eigenvalue weighted by atomic mass is 16.5. The Morgan fingerprint density at radius 1 is 0.788 bits per heavy atom. The summed E-state index contributed by atoms with van der Waals surface area (Å²) in [6.45, 7) is 4.14. The molecule has 2 aliphatic heterocycles. The van der Waals surface area contributed by atoms with E-state index in [4.69, 9.17) is 9.47 Å². The molecule has 2 saturated heterocycles. The van der Waals surface area contributed by atoms with Crippen LogP contribution in [0.25, 0.3) is 0 Å². The number of benzene rings is 3. The molecule has 2 unspecified atom stereocenters. The Balaban J connectivity index is 1.50. The maximum Gasteiger partial charge on any atom is 0.127 e. The number of ether oxygens (including phenoxy) is 2. The van der Waals surface area contributed by atoms with Crippen molar-refractivity contribution in [1.29, 1.82) is 0 Å². The lowest BCUT2D eigenvalue weighted by Crippen LogP contribution is -2.57. The molecule has 0 aliphatic carbocycles. The third-order valence-electron chi connectivity index (χ3n) is 7.38. The van der Waals surface area contributed by atoms with Crippen LogP contribution >= 0.6 is 0 Å². The van der Waals surface area contributed by atoms with Crippen LogP contribution in [-0.2, 0) is 6.54 Å². The van der Waals surface area contributed by atoms with Crippen molar-refractivity contribution in [3.8, 4) is 11.5 Å². The van der Waals surface area contributed by atoms with Gasteiger partial charge in [-0.3, -0.25) is 9.80 Å². The number of rotatable bonds is 7. The van der Waals surface area contributed by atoms with Crippen molar-refractivity contribution in [3.05, 3.63) is 95.6 Å². The number of piperazine rings is 1. The first-order chi connectivity index (χ1) is 16.3. The van der Waals surface area contributed by atoms with Crippen LogP contribution in [-0.4, -0.2) is 55.7 Å². The lowest BCUT2D eigenvalue weighted by molar-refractivity contribution is 0.0377. The Kier molecular flexibility index (Phi) is 6.65. The summed E-state index contributed by atoms with van der Waals surface area (Å²) >= 11 is 0. The molecular weight excluding hydrogens is 408 g/mol. The van der Waals surface area contributed by atoms with E-state index in [1.54, 1.807) is 14.2 Å². The minimum atomic E-state index is 0.343. The summed E-state index contributed by atoms with van der Waals surface area (Å²) in [7, 11) is 3.49. The van der Waals surface area contributed by atoms with Gasteiger partial charge in [-0.1, -0.05) is 66.7 Å². The van der Waals surface area contributed by atoms with E-state index in [-0.39, 0.29) is 0 Å². The number of nitrogens with zero attached hydrogens (tertiary/aromatic N) is 2. The third-order valence-corrected chi connectivity index (χ3v) is 7.38. The minimum Gasteiger partial charge on any atom is -0.496 e. The third kappa shape index (κ3) is 4.50. The first-order valence-electron chi connectivity index (χ1n) is 12.1. The predicted molar refractivity (Wildman–Crippen MR) is 133 cm³/mol. The summed E-state index contributed by atoms with van der Waals surface area (Å²) in [6.07, 6.45) is 2.55. The predicted octanol–water partition coefficient (Wildman–Crippen LogP) is 5.18. The van der Waals surface area contributed by atoms with Gasteiger partial charge in [0, 0.05) is 37.6 Å². The van der Waals surface area contributed by atoms with Gasteiger partial charge in [-0.15, -0.1) is 0 Å². The molecule has 0 saturated carbocycles. The van der Waals surface area contributed by atoms with Crippen molar-refractivity contribution in [2.45, 2.75) is 37.4 Å². The molecule has 0 bridgehead atoms. The molecule has 0 N–H and O–H groups in total. The van der Waals surface area contributed by atoms with E-state index in [9.17, 15) is 0 Å². The highest BCUT2D eigenvalue weighted by molar-refractivity contribution is 5.45. The zero-order chi connectivity index (χ0) is 22.6. The van der Waals surface area contributed by atoms with Crippen LogP contribution in [0.1, 0.15) is 35.4 Å². The lowest BCUT2D eigenvalue weighted by Gasteiger charge is -2.47. The van der Waals surface area contributed by atoms with Crippen LogP contribution in [0.2, 0.25) is 0 Å². The summed E-state index contributed by atoms with van der Waals surface area (Å²) < 4.78 is 11.4. The molecule has 0 amide bonds. The molecule has 2 aliphatic rings. The monoisotopic (exact) mass is 442 g/mol. The summed E-state index contributed by atoms with van der Waals surface area (Å²) in [5, 5.41) is 0. The highest BCUT2D eigenvalue weighted by Gasteiger charge is 2.42. The van der Waals surface area contributed by atoms with Gasteiger partial charge < -0.3 is 9.47 Å². The van der Waals surface area contributed by atoms with Gasteiger partial charge in [0.2, 0.25) is 0 Å². The SMILES string of the molecule is COc1cccc(OC)c1CN1CC2CCCN2C(C(c2ccccc2)c2ccccc2)C1. The number of hydrogen-bond acceptors (Lipinski definition) is 4. The Labute approximate surface area is 197 Å². The zero-order valence-electron chi connectivity index (χ0n) is 19.7. The number of hydrogen-bond donors (Lipinski definition) is 0. The normalized spacial score (nSPS) is 21.2. The Morgan fingerprint density at radius 3 is 1.97 bits per heavy atom. The van der Waals surface area contributed by atoms with Gasteiger partial charge in [-0.2, -0.15) is 0 Å². The van der Waals surface area contributed by atoms with Crippen LogP contribution < -0.4 is 9.47 Å². The van der Waals surface area contributed by atoms with E-state index in [0.717, 1.165) is 36.7 Å². The molecule has 0 spiro atoms. The van der Waals surface area contributed by atoms with Gasteiger partial charge in [0.05, 0.1) is 19.8 Å². The highest BCUT2D eigenvalue weighted by Crippen LogP contribution is 2.39. The van der Waals surface area contributed by atoms with E-state index >= 15 is 0 Å². The quantitative estimate of drug-likeness (QED) is 0.503. The molecule has 0 radical (unpaired) electrons. The second-order valence-corrected chi connectivity index (χ2v) is 9.24. The van der Waals surface area contributed by atoms with E-state index in [1.807, 2.05) is 18.2 Å². The Hall–Kier alpha value is -2.82. The molecule has 4 heteroatoms. The summed E-state index contributed by atoms with van der Waals surface area (Å²) in [6, 6.07) is 29.2. The van der Waals surface area contributed by atoms with Crippen molar-refractivity contribution in [2.24, 2.45) is 0 Å². The summed E-state index contributed by atoms with van der Waals surface area (Å²) in [5.74, 6) is 2.15. The molecule has 2 fully saturated rings. The number of methoxy groups -OCH3 is 2. The van der Waals surface area contributed by atoms with Crippen molar-refractivity contribution in [1.82, 2.24) is 9.80 Å². The van der Waals surface area contributed by atoms with E-state index in [0.29, 0.717) is 18.0 Å². The Morgan fingerprint density at radius 2 is 1.39 bits per heavy atom. The topological polar surface area (TPSA) is 24.9 Å². The fourth-order valence-corrected chi connectivity index (χ4v) is 5.92. The summed E-state index contributed by atoms with van der Waals surface area (Å²) in [5.41, 5.74) is 3.94. The van der Waals surface area contributed by atoms with Gasteiger partial charge in [0.1, 0.15) is 11.5 Å².